The zero-order chi connectivity index (χ0) is 10.4. The van der Waals surface area contributed by atoms with Crippen molar-refractivity contribution in [1.29, 1.82) is 0 Å². The zero-order valence-corrected chi connectivity index (χ0v) is 7.66. The van der Waals surface area contributed by atoms with E-state index in [9.17, 15) is 4.79 Å². The molecule has 0 saturated carbocycles. The second-order valence-corrected chi connectivity index (χ2v) is 2.82. The van der Waals surface area contributed by atoms with E-state index in [4.69, 9.17) is 11.5 Å². The van der Waals surface area contributed by atoms with Gasteiger partial charge in [0.1, 0.15) is 5.75 Å². The first kappa shape index (κ1) is 10.1. The topological polar surface area (TPSA) is 49.3 Å². The summed E-state index contributed by atoms with van der Waals surface area (Å²) >= 11 is 0. The smallest absolute Gasteiger partial charge is 0.232 e. The summed E-state index contributed by atoms with van der Waals surface area (Å²) < 4.78 is 0. The predicted octanol–water partition coefficient (Wildman–Crippen LogP) is 1.03. The van der Waals surface area contributed by atoms with Crippen LogP contribution in [0.25, 0.3) is 0 Å². The van der Waals surface area contributed by atoms with Crippen LogP contribution in [0.4, 0.5) is 0 Å². The zero-order valence-electron chi connectivity index (χ0n) is 7.66. The quantitative estimate of drug-likeness (QED) is 0.698. The van der Waals surface area contributed by atoms with Gasteiger partial charge in [-0.3, -0.25) is 4.79 Å². The molecule has 0 radical (unpaired) electrons. The van der Waals surface area contributed by atoms with Crippen molar-refractivity contribution in [3.05, 3.63) is 29.8 Å². The fraction of sp³-hybridized carbons (Fsp3) is 0.182. The molecule has 1 aromatic rings. The minimum atomic E-state index is -0.166. The molecule has 0 unspecified atom stereocenters. The summed E-state index contributed by atoms with van der Waals surface area (Å²) in [7, 11) is 0. The summed E-state index contributed by atoms with van der Waals surface area (Å²) in [4.78, 5) is 11.0. The summed E-state index contributed by atoms with van der Waals surface area (Å²) in [6, 6.07) is 6.63. The lowest BCUT2D eigenvalue weighted by molar-refractivity contribution is -0.120. The molecule has 1 aromatic carbocycles. The number of phenolic OH excluding ortho intramolecular Hbond substituents is 1. The van der Waals surface area contributed by atoms with Crippen LogP contribution in [0, 0.1) is 12.3 Å². The van der Waals surface area contributed by atoms with Crippen molar-refractivity contribution in [3.8, 4) is 18.1 Å². The first-order chi connectivity index (χ1) is 6.72. The van der Waals surface area contributed by atoms with Crippen LogP contribution in [0.3, 0.4) is 0 Å². The highest BCUT2D eigenvalue weighted by Gasteiger charge is 1.98. The molecule has 72 valence electrons. The molecule has 0 spiro atoms. The van der Waals surface area contributed by atoms with Gasteiger partial charge < -0.3 is 10.4 Å². The van der Waals surface area contributed by atoms with Crippen molar-refractivity contribution < 1.29 is 9.90 Å². The molecule has 0 aliphatic carbocycles. The maximum atomic E-state index is 11.0. The summed E-state index contributed by atoms with van der Waals surface area (Å²) in [6.45, 7) is 0.431. The van der Waals surface area contributed by atoms with Crippen molar-refractivity contribution in [2.45, 2.75) is 13.0 Å². The Morgan fingerprint density at radius 2 is 2.07 bits per heavy atom. The Balaban J connectivity index is 2.43. The maximum Gasteiger partial charge on any atom is 0.232 e. The van der Waals surface area contributed by atoms with Crippen LogP contribution in [0.15, 0.2) is 24.3 Å². The number of rotatable bonds is 3. The number of hydrogen-bond donors (Lipinski definition) is 2. The standard InChI is InChI=1S/C11H11NO2/c1-2-3-11(14)12-8-9-4-6-10(13)7-5-9/h1,4-7,13H,3,8H2,(H,12,14). The van der Waals surface area contributed by atoms with Gasteiger partial charge in [0.2, 0.25) is 5.91 Å². The number of phenols is 1. The van der Waals surface area contributed by atoms with E-state index in [-0.39, 0.29) is 18.1 Å². The molecule has 1 rings (SSSR count). The second kappa shape index (κ2) is 4.93. The van der Waals surface area contributed by atoms with Crippen LogP contribution >= 0.6 is 0 Å². The number of benzene rings is 1. The summed E-state index contributed by atoms with van der Waals surface area (Å²) in [6.07, 6.45) is 5.07. The van der Waals surface area contributed by atoms with Crippen molar-refractivity contribution in [1.82, 2.24) is 5.32 Å². The summed E-state index contributed by atoms with van der Waals surface area (Å²) in [5, 5.41) is 11.7. The predicted molar refractivity (Wildman–Crippen MR) is 53.4 cm³/mol. The van der Waals surface area contributed by atoms with Gasteiger partial charge in [-0.25, -0.2) is 0 Å². The van der Waals surface area contributed by atoms with E-state index < -0.39 is 0 Å². The molecule has 0 aliphatic heterocycles. The lowest BCUT2D eigenvalue weighted by atomic mass is 10.2. The first-order valence-corrected chi connectivity index (χ1v) is 4.20. The highest BCUT2D eigenvalue weighted by Crippen LogP contribution is 2.08. The van der Waals surface area contributed by atoms with Crippen molar-refractivity contribution in [2.75, 3.05) is 0 Å². The number of terminal acetylenes is 1. The van der Waals surface area contributed by atoms with E-state index in [0.717, 1.165) is 5.56 Å². The van der Waals surface area contributed by atoms with E-state index in [1.165, 1.54) is 0 Å². The van der Waals surface area contributed by atoms with Crippen LogP contribution in [-0.2, 0) is 11.3 Å². The molecule has 0 atom stereocenters. The van der Waals surface area contributed by atoms with Gasteiger partial charge in [-0.2, -0.15) is 0 Å². The monoisotopic (exact) mass is 189 g/mol. The molecule has 0 saturated heterocycles. The number of amides is 1. The third-order valence-corrected chi connectivity index (χ3v) is 1.69. The molecule has 0 aliphatic rings. The van der Waals surface area contributed by atoms with Crippen molar-refractivity contribution >= 4 is 5.91 Å². The number of carbonyl (C=O) groups is 1. The second-order valence-electron chi connectivity index (χ2n) is 2.82. The fourth-order valence-corrected chi connectivity index (χ4v) is 0.970. The Morgan fingerprint density at radius 3 is 2.64 bits per heavy atom. The number of nitrogens with one attached hydrogen (secondary N) is 1. The Hall–Kier alpha value is -1.95. The summed E-state index contributed by atoms with van der Waals surface area (Å²) in [5.41, 5.74) is 0.924. The van der Waals surface area contributed by atoms with Gasteiger partial charge in [-0.1, -0.05) is 18.1 Å². The first-order valence-electron chi connectivity index (χ1n) is 4.20. The van der Waals surface area contributed by atoms with E-state index in [1.54, 1.807) is 24.3 Å². The molecular weight excluding hydrogens is 178 g/mol. The van der Waals surface area contributed by atoms with Gasteiger partial charge in [0.25, 0.3) is 0 Å². The van der Waals surface area contributed by atoms with E-state index in [1.807, 2.05) is 0 Å². The molecule has 0 heterocycles. The van der Waals surface area contributed by atoms with Crippen LogP contribution < -0.4 is 5.32 Å². The van der Waals surface area contributed by atoms with Crippen LogP contribution in [0.5, 0.6) is 5.75 Å². The molecule has 3 heteroatoms. The number of hydrogen-bond acceptors (Lipinski definition) is 2. The van der Waals surface area contributed by atoms with Gasteiger partial charge in [-0.15, -0.1) is 6.42 Å². The lowest BCUT2D eigenvalue weighted by Crippen LogP contribution is -2.21. The Bertz CT molecular complexity index is 349. The molecular formula is C11H11NO2. The van der Waals surface area contributed by atoms with Crippen LogP contribution in [-0.4, -0.2) is 11.0 Å². The maximum absolute atomic E-state index is 11.0. The third kappa shape index (κ3) is 3.20. The molecule has 0 aromatic heterocycles. The Kier molecular flexibility index (Phi) is 3.57. The van der Waals surface area contributed by atoms with Gasteiger partial charge in [0, 0.05) is 6.54 Å². The largest absolute Gasteiger partial charge is 0.508 e. The summed E-state index contributed by atoms with van der Waals surface area (Å²) in [5.74, 6) is 2.31. The number of aromatic hydroxyl groups is 1. The Labute approximate surface area is 82.8 Å². The number of carbonyl (C=O) groups excluding carboxylic acids is 1. The van der Waals surface area contributed by atoms with Gasteiger partial charge in [0.15, 0.2) is 0 Å². The molecule has 1 amide bonds. The molecule has 14 heavy (non-hydrogen) atoms. The van der Waals surface area contributed by atoms with E-state index >= 15 is 0 Å². The minimum Gasteiger partial charge on any atom is -0.508 e. The van der Waals surface area contributed by atoms with E-state index in [2.05, 4.69) is 11.2 Å². The van der Waals surface area contributed by atoms with Gasteiger partial charge >= 0.3 is 0 Å². The SMILES string of the molecule is C#CCC(=O)NCc1ccc(O)cc1. The highest BCUT2D eigenvalue weighted by atomic mass is 16.3. The lowest BCUT2D eigenvalue weighted by Gasteiger charge is -2.02. The molecule has 0 fully saturated rings. The van der Waals surface area contributed by atoms with Gasteiger partial charge in [0.05, 0.1) is 6.42 Å². The van der Waals surface area contributed by atoms with Crippen LogP contribution in [0.1, 0.15) is 12.0 Å². The average Bonchev–Trinajstić information content (AvgIpc) is 2.17. The van der Waals surface area contributed by atoms with Crippen molar-refractivity contribution in [3.63, 3.8) is 0 Å². The molecule has 3 nitrogen and oxygen atoms in total. The molecule has 2 N–H and O–H groups in total. The fourth-order valence-electron chi connectivity index (χ4n) is 0.970. The normalized spacial score (nSPS) is 9.07. The van der Waals surface area contributed by atoms with Gasteiger partial charge in [-0.05, 0) is 17.7 Å². The average molecular weight is 189 g/mol. The third-order valence-electron chi connectivity index (χ3n) is 1.69. The van der Waals surface area contributed by atoms with Crippen molar-refractivity contribution in [2.24, 2.45) is 0 Å². The van der Waals surface area contributed by atoms with Crippen LogP contribution in [0.2, 0.25) is 0 Å². The Morgan fingerprint density at radius 1 is 1.43 bits per heavy atom. The van der Waals surface area contributed by atoms with E-state index in [0.29, 0.717) is 6.54 Å². The molecule has 0 bridgehead atoms. The minimum absolute atomic E-state index is 0.0953. The highest BCUT2D eigenvalue weighted by molar-refractivity contribution is 5.78.